The number of likely N-dealkylation sites (tertiary alicyclic amines) is 1. The first-order valence-electron chi connectivity index (χ1n) is 7.38. The Morgan fingerprint density at radius 3 is 2.89 bits per heavy atom. The fourth-order valence-corrected chi connectivity index (χ4v) is 3.61. The largest absolute Gasteiger partial charge is 0.329 e. The number of hydrogen-bond donors (Lipinski definition) is 1. The second-order valence-corrected chi connectivity index (χ2v) is 6.08. The molecule has 0 radical (unpaired) electrons. The number of hydrogen-bond acceptors (Lipinski definition) is 2. The van der Waals surface area contributed by atoms with Gasteiger partial charge in [0.25, 0.3) is 0 Å². The lowest BCUT2D eigenvalue weighted by molar-refractivity contribution is 0.0595. The summed E-state index contributed by atoms with van der Waals surface area (Å²) in [6.45, 7) is 6.47. The minimum atomic E-state index is 0.440. The molecule has 0 aromatic heterocycles. The molecule has 2 N–H and O–H groups in total. The molecule has 0 bridgehead atoms. The lowest BCUT2D eigenvalue weighted by Crippen LogP contribution is -2.49. The topological polar surface area (TPSA) is 29.3 Å². The highest BCUT2D eigenvalue weighted by atomic mass is 35.5. The fraction of sp³-hybridized carbons (Fsp3) is 0.625. The van der Waals surface area contributed by atoms with Gasteiger partial charge in [-0.25, -0.2) is 0 Å². The van der Waals surface area contributed by atoms with Crippen LogP contribution in [-0.2, 0) is 0 Å². The lowest BCUT2D eigenvalue weighted by atomic mass is 9.87. The third kappa shape index (κ3) is 3.31. The van der Waals surface area contributed by atoms with Crippen LogP contribution in [0.25, 0.3) is 0 Å². The summed E-state index contributed by atoms with van der Waals surface area (Å²) in [6, 6.07) is 9.21. The predicted octanol–water partition coefficient (Wildman–Crippen LogP) is 3.85. The summed E-state index contributed by atoms with van der Waals surface area (Å²) in [4.78, 5) is 2.60. The Morgan fingerprint density at radius 1 is 1.47 bits per heavy atom. The van der Waals surface area contributed by atoms with Crippen LogP contribution in [-0.4, -0.2) is 24.0 Å². The monoisotopic (exact) mass is 280 g/mol. The van der Waals surface area contributed by atoms with Crippen molar-refractivity contribution in [3.05, 3.63) is 34.9 Å². The quantitative estimate of drug-likeness (QED) is 0.908. The van der Waals surface area contributed by atoms with Crippen molar-refractivity contribution in [1.29, 1.82) is 0 Å². The van der Waals surface area contributed by atoms with E-state index < -0.39 is 0 Å². The summed E-state index contributed by atoms with van der Waals surface area (Å²) < 4.78 is 0. The average molecular weight is 281 g/mol. The molecule has 1 heterocycles. The van der Waals surface area contributed by atoms with Gasteiger partial charge in [0.1, 0.15) is 0 Å². The number of piperidine rings is 1. The van der Waals surface area contributed by atoms with E-state index in [1.54, 1.807) is 0 Å². The number of halogens is 1. The van der Waals surface area contributed by atoms with E-state index in [1.807, 2.05) is 12.1 Å². The van der Waals surface area contributed by atoms with Crippen molar-refractivity contribution in [2.24, 2.45) is 11.7 Å². The molecular formula is C16H25ClN2. The van der Waals surface area contributed by atoms with E-state index in [0.717, 1.165) is 24.5 Å². The number of nitrogens with two attached hydrogens (primary N) is 1. The fourth-order valence-electron chi connectivity index (χ4n) is 3.41. The van der Waals surface area contributed by atoms with E-state index in [-0.39, 0.29) is 0 Å². The Hall–Kier alpha value is -0.570. The summed E-state index contributed by atoms with van der Waals surface area (Å²) in [5.41, 5.74) is 7.34. The SMILES string of the molecule is CCC(c1cccc(Cl)c1)N1CCCC(C)C1CN. The number of rotatable bonds is 4. The van der Waals surface area contributed by atoms with Gasteiger partial charge in [0.2, 0.25) is 0 Å². The summed E-state index contributed by atoms with van der Waals surface area (Å²) >= 11 is 6.14. The first-order valence-corrected chi connectivity index (χ1v) is 7.76. The van der Waals surface area contributed by atoms with Crippen molar-refractivity contribution in [1.82, 2.24) is 4.90 Å². The van der Waals surface area contributed by atoms with Crippen molar-refractivity contribution in [2.75, 3.05) is 13.1 Å². The van der Waals surface area contributed by atoms with Crippen LogP contribution >= 0.6 is 11.6 Å². The molecular weight excluding hydrogens is 256 g/mol. The minimum absolute atomic E-state index is 0.440. The first-order chi connectivity index (χ1) is 9.17. The molecule has 0 saturated carbocycles. The molecule has 0 aliphatic carbocycles. The second-order valence-electron chi connectivity index (χ2n) is 5.64. The van der Waals surface area contributed by atoms with Crippen LogP contribution in [0.2, 0.25) is 5.02 Å². The molecule has 1 aliphatic rings. The van der Waals surface area contributed by atoms with E-state index in [0.29, 0.717) is 18.0 Å². The van der Waals surface area contributed by atoms with Gasteiger partial charge in [-0.3, -0.25) is 4.90 Å². The highest BCUT2D eigenvalue weighted by Gasteiger charge is 2.32. The predicted molar refractivity (Wildman–Crippen MR) is 82.4 cm³/mol. The molecule has 1 aromatic rings. The zero-order valence-electron chi connectivity index (χ0n) is 12.0. The maximum Gasteiger partial charge on any atom is 0.0409 e. The Kier molecular flexibility index (Phi) is 5.26. The van der Waals surface area contributed by atoms with Gasteiger partial charge in [0.15, 0.2) is 0 Å². The zero-order valence-corrected chi connectivity index (χ0v) is 12.7. The number of benzene rings is 1. The van der Waals surface area contributed by atoms with Crippen molar-refractivity contribution < 1.29 is 0 Å². The van der Waals surface area contributed by atoms with E-state index in [4.69, 9.17) is 17.3 Å². The Balaban J connectivity index is 2.25. The van der Waals surface area contributed by atoms with E-state index in [1.165, 1.54) is 18.4 Å². The standard InChI is InChI=1S/C16H25ClN2/c1-3-15(13-7-4-8-14(17)10-13)19-9-5-6-12(2)16(19)11-18/h4,7-8,10,12,15-16H,3,5-6,9,11,18H2,1-2H3. The molecule has 1 fully saturated rings. The maximum absolute atomic E-state index is 6.14. The first kappa shape index (κ1) is 14.8. The summed E-state index contributed by atoms with van der Waals surface area (Å²) in [5.74, 6) is 0.687. The normalized spacial score (nSPS) is 26.3. The Morgan fingerprint density at radius 2 is 2.26 bits per heavy atom. The van der Waals surface area contributed by atoms with E-state index in [2.05, 4.69) is 30.9 Å². The molecule has 3 heteroatoms. The molecule has 1 aliphatic heterocycles. The molecule has 3 unspecified atom stereocenters. The molecule has 0 amide bonds. The van der Waals surface area contributed by atoms with Gasteiger partial charge in [0.05, 0.1) is 0 Å². The van der Waals surface area contributed by atoms with Crippen molar-refractivity contribution in [3.8, 4) is 0 Å². The van der Waals surface area contributed by atoms with Gasteiger partial charge in [-0.15, -0.1) is 0 Å². The highest BCUT2D eigenvalue weighted by Crippen LogP contribution is 2.33. The van der Waals surface area contributed by atoms with Crippen molar-refractivity contribution in [2.45, 2.75) is 45.2 Å². The third-order valence-corrected chi connectivity index (χ3v) is 4.66. The lowest BCUT2D eigenvalue weighted by Gasteiger charge is -2.44. The van der Waals surface area contributed by atoms with Crippen LogP contribution in [0.1, 0.15) is 44.7 Å². The second kappa shape index (κ2) is 6.74. The number of nitrogens with zero attached hydrogens (tertiary/aromatic N) is 1. The molecule has 1 saturated heterocycles. The molecule has 2 rings (SSSR count). The zero-order chi connectivity index (χ0) is 13.8. The molecule has 0 spiro atoms. The van der Waals surface area contributed by atoms with Crippen LogP contribution in [0.5, 0.6) is 0 Å². The van der Waals surface area contributed by atoms with Gasteiger partial charge in [-0.2, -0.15) is 0 Å². The van der Waals surface area contributed by atoms with Crippen LogP contribution in [0, 0.1) is 5.92 Å². The van der Waals surface area contributed by atoms with Gasteiger partial charge < -0.3 is 5.73 Å². The van der Waals surface area contributed by atoms with Crippen LogP contribution in [0.15, 0.2) is 24.3 Å². The molecule has 2 nitrogen and oxygen atoms in total. The van der Waals surface area contributed by atoms with E-state index in [9.17, 15) is 0 Å². The van der Waals surface area contributed by atoms with Crippen molar-refractivity contribution >= 4 is 11.6 Å². The van der Waals surface area contributed by atoms with Gasteiger partial charge in [-0.05, 0) is 49.4 Å². The highest BCUT2D eigenvalue weighted by molar-refractivity contribution is 6.30. The Labute approximate surface area is 121 Å². The molecule has 3 atom stereocenters. The summed E-state index contributed by atoms with van der Waals surface area (Å²) in [7, 11) is 0. The molecule has 106 valence electrons. The average Bonchev–Trinajstić information content (AvgIpc) is 2.40. The van der Waals surface area contributed by atoms with E-state index >= 15 is 0 Å². The minimum Gasteiger partial charge on any atom is -0.329 e. The Bertz CT molecular complexity index is 407. The smallest absolute Gasteiger partial charge is 0.0409 e. The summed E-state index contributed by atoms with van der Waals surface area (Å²) in [6.07, 6.45) is 3.67. The van der Waals surface area contributed by atoms with Gasteiger partial charge in [0, 0.05) is 23.7 Å². The van der Waals surface area contributed by atoms with Crippen LogP contribution < -0.4 is 5.73 Å². The van der Waals surface area contributed by atoms with Crippen LogP contribution in [0.4, 0.5) is 0 Å². The van der Waals surface area contributed by atoms with Gasteiger partial charge in [-0.1, -0.05) is 37.6 Å². The third-order valence-electron chi connectivity index (χ3n) is 4.42. The maximum atomic E-state index is 6.14. The molecule has 1 aromatic carbocycles. The molecule has 19 heavy (non-hydrogen) atoms. The van der Waals surface area contributed by atoms with Gasteiger partial charge >= 0.3 is 0 Å². The van der Waals surface area contributed by atoms with Crippen molar-refractivity contribution in [3.63, 3.8) is 0 Å². The summed E-state index contributed by atoms with van der Waals surface area (Å²) in [5, 5.41) is 0.824. The van der Waals surface area contributed by atoms with Crippen LogP contribution in [0.3, 0.4) is 0 Å².